The van der Waals surface area contributed by atoms with E-state index in [2.05, 4.69) is 0 Å². The molecule has 0 amide bonds. The summed E-state index contributed by atoms with van der Waals surface area (Å²) in [7, 11) is 1.42. The molecule has 1 aliphatic rings. The first-order valence-electron chi connectivity index (χ1n) is 4.63. The van der Waals surface area contributed by atoms with Gasteiger partial charge in [0.1, 0.15) is 0 Å². The largest absolute Gasteiger partial charge is 0.466 e. The first kappa shape index (κ1) is 9.00. The maximum absolute atomic E-state index is 11.4. The summed E-state index contributed by atoms with van der Waals surface area (Å²) in [5.41, 5.74) is 3.07. The van der Waals surface area contributed by atoms with E-state index in [0.717, 1.165) is 11.1 Å². The van der Waals surface area contributed by atoms with Crippen molar-refractivity contribution in [3.05, 3.63) is 41.0 Å². The summed E-state index contributed by atoms with van der Waals surface area (Å²) in [5, 5.41) is 0. The maximum atomic E-state index is 11.4. The number of carbonyl (C=O) groups is 1. The highest BCUT2D eigenvalue weighted by atomic mass is 16.5. The van der Waals surface area contributed by atoms with E-state index < -0.39 is 0 Å². The molecular weight excluding hydrogens is 176 g/mol. The van der Waals surface area contributed by atoms with Gasteiger partial charge in [0.15, 0.2) is 0 Å². The van der Waals surface area contributed by atoms with Crippen LogP contribution in [0.4, 0.5) is 0 Å². The Bertz CT molecular complexity index is 405. The molecular formula is C12H12O2. The number of fused-ring (bicyclic) bond motifs is 1. The van der Waals surface area contributed by atoms with Gasteiger partial charge in [-0.05, 0) is 17.2 Å². The molecule has 0 N–H and O–H groups in total. The molecule has 0 spiro atoms. The van der Waals surface area contributed by atoms with Crippen molar-refractivity contribution < 1.29 is 9.53 Å². The maximum Gasteiger partial charge on any atom is 0.334 e. The summed E-state index contributed by atoms with van der Waals surface area (Å²) in [5.74, 6) is -0.0765. The van der Waals surface area contributed by atoms with Crippen LogP contribution in [0.25, 0.3) is 6.08 Å². The second-order valence-corrected chi connectivity index (χ2v) is 3.44. The lowest BCUT2D eigenvalue weighted by atomic mass is 9.98. The number of rotatable bonds is 1. The number of esters is 1. The van der Waals surface area contributed by atoms with Crippen LogP contribution >= 0.6 is 0 Å². The number of carbonyl (C=O) groups excluding carboxylic acids is 1. The first-order valence-corrected chi connectivity index (χ1v) is 4.63. The topological polar surface area (TPSA) is 26.3 Å². The fraction of sp³-hybridized carbons (Fsp3) is 0.250. The van der Waals surface area contributed by atoms with Gasteiger partial charge in [-0.2, -0.15) is 0 Å². The molecule has 1 aliphatic carbocycles. The minimum absolute atomic E-state index is 0.152. The fourth-order valence-corrected chi connectivity index (χ4v) is 1.85. The SMILES string of the molecule is COC(=O)C1=Cc2ccccc2[C@H]1C. The monoisotopic (exact) mass is 188 g/mol. The molecule has 0 fully saturated rings. The Hall–Kier alpha value is -1.57. The summed E-state index contributed by atoms with van der Waals surface area (Å²) in [6.45, 7) is 2.02. The second-order valence-electron chi connectivity index (χ2n) is 3.44. The summed E-state index contributed by atoms with van der Waals surface area (Å²) < 4.78 is 4.73. The van der Waals surface area contributed by atoms with Crippen LogP contribution in [0.3, 0.4) is 0 Å². The Balaban J connectivity index is 2.41. The molecule has 2 heteroatoms. The molecule has 0 aliphatic heterocycles. The van der Waals surface area contributed by atoms with Crippen LogP contribution in [0.5, 0.6) is 0 Å². The quantitative estimate of drug-likeness (QED) is 0.632. The lowest BCUT2D eigenvalue weighted by Gasteiger charge is -2.08. The van der Waals surface area contributed by atoms with Crippen LogP contribution in [-0.4, -0.2) is 13.1 Å². The highest BCUT2D eigenvalue weighted by Gasteiger charge is 2.25. The summed E-state index contributed by atoms with van der Waals surface area (Å²) in [6.07, 6.45) is 1.91. The van der Waals surface area contributed by atoms with E-state index in [4.69, 9.17) is 4.74 Å². The highest BCUT2D eigenvalue weighted by Crippen LogP contribution is 2.35. The number of methoxy groups -OCH3 is 1. The fourth-order valence-electron chi connectivity index (χ4n) is 1.85. The average Bonchev–Trinajstić information content (AvgIpc) is 2.56. The molecule has 0 bridgehead atoms. The lowest BCUT2D eigenvalue weighted by Crippen LogP contribution is -2.07. The third-order valence-electron chi connectivity index (χ3n) is 2.66. The zero-order chi connectivity index (χ0) is 10.1. The molecule has 72 valence electrons. The predicted octanol–water partition coefficient (Wildman–Crippen LogP) is 2.36. The predicted molar refractivity (Wildman–Crippen MR) is 54.9 cm³/mol. The van der Waals surface area contributed by atoms with E-state index >= 15 is 0 Å². The number of hydrogen-bond acceptors (Lipinski definition) is 2. The molecule has 14 heavy (non-hydrogen) atoms. The van der Waals surface area contributed by atoms with Gasteiger partial charge in [-0.3, -0.25) is 0 Å². The lowest BCUT2D eigenvalue weighted by molar-refractivity contribution is -0.136. The Morgan fingerprint density at radius 1 is 1.36 bits per heavy atom. The van der Waals surface area contributed by atoms with Crippen molar-refractivity contribution in [3.8, 4) is 0 Å². The molecule has 1 aromatic rings. The van der Waals surface area contributed by atoms with Crippen LogP contribution in [0.2, 0.25) is 0 Å². The van der Waals surface area contributed by atoms with Gasteiger partial charge in [0, 0.05) is 11.5 Å². The molecule has 0 aromatic heterocycles. The van der Waals surface area contributed by atoms with Crippen molar-refractivity contribution in [1.82, 2.24) is 0 Å². The van der Waals surface area contributed by atoms with Crippen molar-refractivity contribution in [2.75, 3.05) is 7.11 Å². The van der Waals surface area contributed by atoms with Crippen molar-refractivity contribution in [2.45, 2.75) is 12.8 Å². The summed E-state index contributed by atoms with van der Waals surface area (Å²) >= 11 is 0. The summed E-state index contributed by atoms with van der Waals surface area (Å²) in [6, 6.07) is 8.03. The van der Waals surface area contributed by atoms with Crippen LogP contribution in [0, 0.1) is 0 Å². The molecule has 0 saturated heterocycles. The molecule has 2 nitrogen and oxygen atoms in total. The van der Waals surface area contributed by atoms with Crippen molar-refractivity contribution in [1.29, 1.82) is 0 Å². The minimum atomic E-state index is -0.228. The van der Waals surface area contributed by atoms with Crippen molar-refractivity contribution >= 4 is 12.0 Å². The Morgan fingerprint density at radius 3 is 2.71 bits per heavy atom. The molecule has 0 heterocycles. The third kappa shape index (κ3) is 1.23. The molecule has 0 unspecified atom stereocenters. The zero-order valence-corrected chi connectivity index (χ0v) is 8.28. The van der Waals surface area contributed by atoms with E-state index in [1.165, 1.54) is 12.7 Å². The standard InChI is InChI=1S/C12H12O2/c1-8-10-6-4-3-5-9(10)7-11(8)12(13)14-2/h3-8H,1-2H3/t8-/m1/s1. The summed E-state index contributed by atoms with van der Waals surface area (Å²) in [4.78, 5) is 11.4. The number of hydrogen-bond donors (Lipinski definition) is 0. The van der Waals surface area contributed by atoms with Gasteiger partial charge >= 0.3 is 5.97 Å². The number of ether oxygens (including phenoxy) is 1. The van der Waals surface area contributed by atoms with Crippen molar-refractivity contribution in [2.24, 2.45) is 0 Å². The molecule has 1 aromatic carbocycles. The Kier molecular flexibility index (Phi) is 2.12. The van der Waals surface area contributed by atoms with Crippen LogP contribution in [-0.2, 0) is 9.53 Å². The second kappa shape index (κ2) is 3.29. The van der Waals surface area contributed by atoms with E-state index in [0.29, 0.717) is 0 Å². The Labute approximate surface area is 83.2 Å². The van der Waals surface area contributed by atoms with Gasteiger partial charge in [-0.25, -0.2) is 4.79 Å². The minimum Gasteiger partial charge on any atom is -0.466 e. The van der Waals surface area contributed by atoms with Gasteiger partial charge in [0.05, 0.1) is 7.11 Å². The Morgan fingerprint density at radius 2 is 2.07 bits per heavy atom. The van der Waals surface area contributed by atoms with E-state index in [9.17, 15) is 4.79 Å². The van der Waals surface area contributed by atoms with Gasteiger partial charge < -0.3 is 4.74 Å². The third-order valence-corrected chi connectivity index (χ3v) is 2.66. The van der Waals surface area contributed by atoms with E-state index in [-0.39, 0.29) is 11.9 Å². The normalized spacial score (nSPS) is 18.7. The molecule has 2 rings (SSSR count). The van der Waals surface area contributed by atoms with E-state index in [1.54, 1.807) is 0 Å². The van der Waals surface area contributed by atoms with Crippen molar-refractivity contribution in [3.63, 3.8) is 0 Å². The molecule has 1 atom stereocenters. The number of benzene rings is 1. The first-order chi connectivity index (χ1) is 6.74. The van der Waals surface area contributed by atoms with Gasteiger partial charge in [0.2, 0.25) is 0 Å². The van der Waals surface area contributed by atoms with Gasteiger partial charge in [-0.1, -0.05) is 31.2 Å². The smallest absolute Gasteiger partial charge is 0.334 e. The molecule has 0 radical (unpaired) electrons. The van der Waals surface area contributed by atoms with Crippen LogP contribution < -0.4 is 0 Å². The molecule has 0 saturated carbocycles. The zero-order valence-electron chi connectivity index (χ0n) is 8.28. The highest BCUT2D eigenvalue weighted by molar-refractivity contribution is 5.98. The van der Waals surface area contributed by atoms with E-state index in [1.807, 2.05) is 37.3 Å². The van der Waals surface area contributed by atoms with Crippen LogP contribution in [0.1, 0.15) is 24.0 Å². The van der Waals surface area contributed by atoms with Gasteiger partial charge in [0.25, 0.3) is 0 Å². The van der Waals surface area contributed by atoms with Gasteiger partial charge in [-0.15, -0.1) is 0 Å². The average molecular weight is 188 g/mol. The van der Waals surface area contributed by atoms with Crippen LogP contribution in [0.15, 0.2) is 29.8 Å².